The van der Waals surface area contributed by atoms with Crippen molar-refractivity contribution in [2.75, 3.05) is 0 Å². The van der Waals surface area contributed by atoms with Crippen LogP contribution >= 0.6 is 11.6 Å². The molecule has 2 heterocycles. The molecule has 0 aliphatic heterocycles. The summed E-state index contributed by atoms with van der Waals surface area (Å²) >= 11 is 6.15. The number of halogens is 1. The lowest BCUT2D eigenvalue weighted by Crippen LogP contribution is -1.98. The number of hydrogen-bond donors (Lipinski definition) is 0. The van der Waals surface area contributed by atoms with Crippen molar-refractivity contribution < 1.29 is 0 Å². The Kier molecular flexibility index (Phi) is 4.25. The molecule has 3 rings (SSSR count). The minimum absolute atomic E-state index is 0.343. The lowest BCUT2D eigenvalue weighted by atomic mass is 10.1. The summed E-state index contributed by atoms with van der Waals surface area (Å²) in [4.78, 5) is 19.1. The van der Waals surface area contributed by atoms with Crippen molar-refractivity contribution in [3.8, 4) is 11.4 Å². The van der Waals surface area contributed by atoms with E-state index in [1.807, 2.05) is 35.0 Å². The molecule has 2 aromatic heterocycles. The molecule has 3 aromatic rings. The van der Waals surface area contributed by atoms with E-state index in [-0.39, 0.29) is 0 Å². The van der Waals surface area contributed by atoms with Crippen LogP contribution in [0.5, 0.6) is 0 Å². The molecule has 1 aromatic carbocycles. The van der Waals surface area contributed by atoms with Gasteiger partial charge in [0.25, 0.3) is 0 Å². The summed E-state index contributed by atoms with van der Waals surface area (Å²) in [6, 6.07) is 11.0. The van der Waals surface area contributed by atoms with Crippen molar-refractivity contribution >= 4 is 17.3 Å². The Morgan fingerprint density at radius 3 is 2.82 bits per heavy atom. The van der Waals surface area contributed by atoms with Crippen LogP contribution in [0, 0.1) is 4.91 Å². The minimum Gasteiger partial charge on any atom is -0.336 e. The van der Waals surface area contributed by atoms with Crippen molar-refractivity contribution in [2.45, 2.75) is 13.0 Å². The van der Waals surface area contributed by atoms with E-state index in [4.69, 9.17) is 11.6 Å². The third-order valence-electron chi connectivity index (χ3n) is 3.34. The second-order valence-electron chi connectivity index (χ2n) is 4.83. The van der Waals surface area contributed by atoms with Crippen LogP contribution < -0.4 is 0 Å². The number of aryl methyl sites for hydroxylation is 2. The summed E-state index contributed by atoms with van der Waals surface area (Å²) in [7, 11) is 0. The van der Waals surface area contributed by atoms with Gasteiger partial charge in [-0.3, -0.25) is 4.98 Å². The smallest absolute Gasteiger partial charge is 0.111 e. The fourth-order valence-electron chi connectivity index (χ4n) is 2.18. The second-order valence-corrected chi connectivity index (χ2v) is 5.24. The first-order chi connectivity index (χ1) is 10.8. The van der Waals surface area contributed by atoms with E-state index in [0.29, 0.717) is 17.1 Å². The Bertz CT molecular complexity index is 800. The summed E-state index contributed by atoms with van der Waals surface area (Å²) in [5, 5.41) is 3.68. The molecule has 0 spiro atoms. The van der Waals surface area contributed by atoms with Crippen LogP contribution in [0.4, 0.5) is 5.69 Å². The molecule has 0 saturated heterocycles. The van der Waals surface area contributed by atoms with Crippen LogP contribution in [0.2, 0.25) is 5.02 Å². The molecular weight excluding hydrogens is 300 g/mol. The Hall–Kier alpha value is -2.53. The molecular formula is C16H13ClN4O. The van der Waals surface area contributed by atoms with Gasteiger partial charge in [0.05, 0.1) is 12.0 Å². The monoisotopic (exact) mass is 312 g/mol. The quantitative estimate of drug-likeness (QED) is 0.662. The van der Waals surface area contributed by atoms with Gasteiger partial charge in [0.1, 0.15) is 11.4 Å². The third-order valence-corrected chi connectivity index (χ3v) is 3.71. The van der Waals surface area contributed by atoms with Crippen molar-refractivity contribution in [1.29, 1.82) is 0 Å². The zero-order valence-corrected chi connectivity index (χ0v) is 12.4. The van der Waals surface area contributed by atoms with Crippen LogP contribution in [0.15, 0.2) is 60.3 Å². The third kappa shape index (κ3) is 3.20. The number of nitrogens with zero attached hydrogens (tertiary/aromatic N) is 4. The van der Waals surface area contributed by atoms with Crippen molar-refractivity contribution in [3.63, 3.8) is 0 Å². The predicted octanol–water partition coefficient (Wildman–Crippen LogP) is 4.24. The molecule has 0 N–H and O–H groups in total. The first-order valence-corrected chi connectivity index (χ1v) is 7.19. The van der Waals surface area contributed by atoms with Gasteiger partial charge in [-0.1, -0.05) is 29.8 Å². The first-order valence-electron chi connectivity index (χ1n) is 6.81. The SMILES string of the molecule is O=Nc1ccnc(-c2cn(CCc3ccccc3Cl)cn2)c1. The van der Waals surface area contributed by atoms with Gasteiger partial charge in [-0.2, -0.15) is 0 Å². The zero-order chi connectivity index (χ0) is 15.4. The van der Waals surface area contributed by atoms with E-state index in [0.717, 1.165) is 23.6 Å². The van der Waals surface area contributed by atoms with E-state index >= 15 is 0 Å². The van der Waals surface area contributed by atoms with Gasteiger partial charge in [-0.05, 0) is 35.4 Å². The number of imidazole rings is 1. The van der Waals surface area contributed by atoms with E-state index in [1.54, 1.807) is 24.7 Å². The molecule has 0 aliphatic carbocycles. The molecule has 110 valence electrons. The summed E-state index contributed by atoms with van der Waals surface area (Å²) in [5.41, 5.74) is 2.79. The van der Waals surface area contributed by atoms with Gasteiger partial charge in [-0.15, -0.1) is 4.91 Å². The zero-order valence-electron chi connectivity index (χ0n) is 11.7. The molecule has 0 aliphatic rings. The summed E-state index contributed by atoms with van der Waals surface area (Å²) in [5.74, 6) is 0. The summed E-state index contributed by atoms with van der Waals surface area (Å²) in [6.07, 6.45) is 6.01. The minimum atomic E-state index is 0.343. The van der Waals surface area contributed by atoms with E-state index < -0.39 is 0 Å². The van der Waals surface area contributed by atoms with Crippen LogP contribution in [0.1, 0.15) is 5.56 Å². The van der Waals surface area contributed by atoms with E-state index in [2.05, 4.69) is 15.1 Å². The largest absolute Gasteiger partial charge is 0.336 e. The standard InChI is InChI=1S/C16H13ClN4O/c17-14-4-2-1-3-12(14)6-8-21-10-16(19-11-21)15-9-13(20-22)5-7-18-15/h1-5,7,9-11H,6,8H2. The lowest BCUT2D eigenvalue weighted by molar-refractivity contribution is 0.696. The van der Waals surface area contributed by atoms with Gasteiger partial charge < -0.3 is 4.57 Å². The van der Waals surface area contributed by atoms with Gasteiger partial charge in [0.15, 0.2) is 0 Å². The molecule has 0 atom stereocenters. The predicted molar refractivity (Wildman–Crippen MR) is 86.1 cm³/mol. The Labute approximate surface area is 132 Å². The molecule has 0 fully saturated rings. The highest BCUT2D eigenvalue weighted by Crippen LogP contribution is 2.20. The van der Waals surface area contributed by atoms with Crippen molar-refractivity contribution in [3.05, 3.63) is 70.6 Å². The fourth-order valence-corrected chi connectivity index (χ4v) is 2.41. The molecule has 6 heteroatoms. The lowest BCUT2D eigenvalue weighted by Gasteiger charge is -2.04. The second kappa shape index (κ2) is 6.49. The highest BCUT2D eigenvalue weighted by Gasteiger charge is 2.06. The first kappa shape index (κ1) is 14.4. The topological polar surface area (TPSA) is 60.1 Å². The Morgan fingerprint density at radius 1 is 1.14 bits per heavy atom. The fraction of sp³-hybridized carbons (Fsp3) is 0.125. The summed E-state index contributed by atoms with van der Waals surface area (Å²) < 4.78 is 1.97. The molecule has 0 saturated carbocycles. The van der Waals surface area contributed by atoms with Gasteiger partial charge in [0, 0.05) is 24.0 Å². The number of benzene rings is 1. The van der Waals surface area contributed by atoms with Crippen LogP contribution in [0.3, 0.4) is 0 Å². The molecule has 22 heavy (non-hydrogen) atoms. The highest BCUT2D eigenvalue weighted by atomic mass is 35.5. The number of aromatic nitrogens is 3. The average Bonchev–Trinajstić information content (AvgIpc) is 3.03. The Balaban J connectivity index is 1.73. The Morgan fingerprint density at radius 2 is 2.00 bits per heavy atom. The van der Waals surface area contributed by atoms with Crippen LogP contribution in [0.25, 0.3) is 11.4 Å². The maximum absolute atomic E-state index is 10.6. The maximum Gasteiger partial charge on any atom is 0.111 e. The molecule has 0 amide bonds. The van der Waals surface area contributed by atoms with Gasteiger partial charge in [0.2, 0.25) is 0 Å². The summed E-state index contributed by atoms with van der Waals surface area (Å²) in [6.45, 7) is 0.766. The molecule has 0 bridgehead atoms. The van der Waals surface area contributed by atoms with Gasteiger partial charge >= 0.3 is 0 Å². The normalized spacial score (nSPS) is 10.6. The highest BCUT2D eigenvalue weighted by molar-refractivity contribution is 6.31. The van der Waals surface area contributed by atoms with Gasteiger partial charge in [-0.25, -0.2) is 4.98 Å². The molecule has 0 unspecified atom stereocenters. The number of nitroso groups, excluding NO2 is 1. The number of pyridine rings is 1. The average molecular weight is 313 g/mol. The van der Waals surface area contributed by atoms with E-state index in [1.165, 1.54) is 0 Å². The van der Waals surface area contributed by atoms with Crippen molar-refractivity contribution in [2.24, 2.45) is 5.18 Å². The van der Waals surface area contributed by atoms with Crippen molar-refractivity contribution in [1.82, 2.24) is 14.5 Å². The maximum atomic E-state index is 10.6. The van der Waals surface area contributed by atoms with E-state index in [9.17, 15) is 4.91 Å². The molecule has 5 nitrogen and oxygen atoms in total. The van der Waals surface area contributed by atoms with Crippen LogP contribution in [-0.4, -0.2) is 14.5 Å². The molecule has 0 radical (unpaired) electrons. The van der Waals surface area contributed by atoms with Crippen LogP contribution in [-0.2, 0) is 13.0 Å². The number of hydrogen-bond acceptors (Lipinski definition) is 4. The number of rotatable bonds is 5.